The highest BCUT2D eigenvalue weighted by Gasteiger charge is 2.36. The molecule has 5 nitrogen and oxygen atoms in total. The van der Waals surface area contributed by atoms with Crippen molar-refractivity contribution in [2.45, 2.75) is 51.9 Å². The third-order valence-corrected chi connectivity index (χ3v) is 5.13. The number of carbonyl (C=O) groups is 2. The topological polar surface area (TPSA) is 70.0 Å². The SMILES string of the molecule is C[C@H]1CC(=O)[C@H]2CCCN(C)CCCC(=O)/C(=N/O)C[C@@H]2C1. The first kappa shape index (κ1) is 17.1. The van der Waals surface area contributed by atoms with E-state index in [2.05, 4.69) is 24.0 Å². The van der Waals surface area contributed by atoms with Crippen molar-refractivity contribution in [3.8, 4) is 0 Å². The molecule has 1 saturated heterocycles. The van der Waals surface area contributed by atoms with Gasteiger partial charge in [0.05, 0.1) is 0 Å². The van der Waals surface area contributed by atoms with Crippen LogP contribution in [0.4, 0.5) is 0 Å². The molecule has 124 valence electrons. The van der Waals surface area contributed by atoms with Crippen LogP contribution < -0.4 is 0 Å². The highest BCUT2D eigenvalue weighted by atomic mass is 16.4. The second-order valence-corrected chi connectivity index (χ2v) is 7.10. The number of fused-ring (bicyclic) bond motifs is 1. The van der Waals surface area contributed by atoms with Crippen molar-refractivity contribution in [2.24, 2.45) is 22.9 Å². The number of Topliss-reactive ketones (excluding diaryl/α,β-unsaturated/α-hetero) is 2. The molecule has 1 heterocycles. The number of hydrogen-bond acceptors (Lipinski definition) is 5. The van der Waals surface area contributed by atoms with E-state index in [1.807, 2.05) is 0 Å². The highest BCUT2D eigenvalue weighted by molar-refractivity contribution is 6.39. The van der Waals surface area contributed by atoms with Crippen molar-refractivity contribution in [3.05, 3.63) is 0 Å². The van der Waals surface area contributed by atoms with Gasteiger partial charge >= 0.3 is 0 Å². The number of hydrogen-bond donors (Lipinski definition) is 1. The van der Waals surface area contributed by atoms with Crippen LogP contribution in [-0.4, -0.2) is 47.5 Å². The van der Waals surface area contributed by atoms with Crippen LogP contribution in [-0.2, 0) is 9.59 Å². The van der Waals surface area contributed by atoms with Crippen LogP contribution in [0, 0.1) is 17.8 Å². The molecule has 1 aliphatic carbocycles. The first-order chi connectivity index (χ1) is 10.5. The minimum Gasteiger partial charge on any atom is -0.411 e. The Morgan fingerprint density at radius 2 is 1.91 bits per heavy atom. The minimum atomic E-state index is -0.0686. The lowest BCUT2D eigenvalue weighted by Crippen LogP contribution is -2.36. The molecular formula is C17H28N2O3. The van der Waals surface area contributed by atoms with Crippen molar-refractivity contribution in [1.29, 1.82) is 0 Å². The molecule has 1 saturated carbocycles. The monoisotopic (exact) mass is 308 g/mol. The number of oxime groups is 1. The van der Waals surface area contributed by atoms with Crippen LogP contribution in [0.3, 0.4) is 0 Å². The van der Waals surface area contributed by atoms with E-state index in [0.29, 0.717) is 31.0 Å². The Morgan fingerprint density at radius 1 is 1.18 bits per heavy atom. The maximum absolute atomic E-state index is 12.4. The Kier molecular flexibility index (Phi) is 6.12. The molecular weight excluding hydrogens is 280 g/mol. The predicted octanol–water partition coefficient (Wildman–Crippen LogP) is 2.51. The summed E-state index contributed by atoms with van der Waals surface area (Å²) < 4.78 is 0. The average Bonchev–Trinajstić information content (AvgIpc) is 2.45. The van der Waals surface area contributed by atoms with Crippen LogP contribution in [0.1, 0.15) is 51.9 Å². The molecule has 1 N–H and O–H groups in total. The first-order valence-electron chi connectivity index (χ1n) is 8.46. The average molecular weight is 308 g/mol. The number of nitrogens with zero attached hydrogens (tertiary/aromatic N) is 2. The van der Waals surface area contributed by atoms with E-state index in [4.69, 9.17) is 0 Å². The smallest absolute Gasteiger partial charge is 0.180 e. The van der Waals surface area contributed by atoms with Crippen molar-refractivity contribution >= 4 is 17.3 Å². The standard InChI is InChI=1S/C17H28N2O3/c1-12-9-13-11-15(18-22)16(20)6-4-8-19(2)7-3-5-14(13)17(21)10-12/h12-14,22H,3-11H2,1-2H3/b18-15+/t12-,13+,14+/m1/s1. The summed E-state index contributed by atoms with van der Waals surface area (Å²) in [7, 11) is 2.06. The molecule has 0 radical (unpaired) electrons. The lowest BCUT2D eigenvalue weighted by molar-refractivity contribution is -0.128. The molecule has 0 amide bonds. The van der Waals surface area contributed by atoms with Gasteiger partial charge in [0.1, 0.15) is 11.5 Å². The summed E-state index contributed by atoms with van der Waals surface area (Å²) in [5.41, 5.74) is 0.264. The zero-order valence-electron chi connectivity index (χ0n) is 13.8. The molecule has 22 heavy (non-hydrogen) atoms. The Balaban J connectivity index is 2.17. The molecule has 3 atom stereocenters. The fourth-order valence-corrected chi connectivity index (χ4v) is 3.95. The Hall–Kier alpha value is -1.23. The molecule has 0 spiro atoms. The van der Waals surface area contributed by atoms with Crippen LogP contribution in [0.15, 0.2) is 5.16 Å². The van der Waals surface area contributed by atoms with Gasteiger partial charge in [-0.05, 0) is 57.7 Å². The second kappa shape index (κ2) is 7.86. The van der Waals surface area contributed by atoms with Gasteiger partial charge in [0, 0.05) is 25.2 Å². The summed E-state index contributed by atoms with van der Waals surface area (Å²) in [6.07, 6.45) is 5.15. The molecule has 2 rings (SSSR count). The van der Waals surface area contributed by atoms with Gasteiger partial charge in [0.15, 0.2) is 5.78 Å². The maximum Gasteiger partial charge on any atom is 0.180 e. The minimum absolute atomic E-state index is 0.0218. The predicted molar refractivity (Wildman–Crippen MR) is 85.2 cm³/mol. The molecule has 0 aromatic rings. The summed E-state index contributed by atoms with van der Waals surface area (Å²) in [5.74, 6) is 0.790. The quantitative estimate of drug-likeness (QED) is 0.551. The first-order valence-corrected chi connectivity index (χ1v) is 8.46. The summed E-state index contributed by atoms with van der Waals surface area (Å²) in [4.78, 5) is 26.8. The third-order valence-electron chi connectivity index (χ3n) is 5.13. The van der Waals surface area contributed by atoms with E-state index in [0.717, 1.165) is 38.8 Å². The Bertz CT molecular complexity index is 447. The van der Waals surface area contributed by atoms with E-state index >= 15 is 0 Å². The number of carbonyl (C=O) groups excluding carboxylic acids is 2. The van der Waals surface area contributed by atoms with Crippen LogP contribution >= 0.6 is 0 Å². The van der Waals surface area contributed by atoms with Gasteiger partial charge in [-0.2, -0.15) is 0 Å². The third kappa shape index (κ3) is 4.38. The highest BCUT2D eigenvalue weighted by Crippen LogP contribution is 2.36. The lowest BCUT2D eigenvalue weighted by Gasteiger charge is -2.34. The van der Waals surface area contributed by atoms with Gasteiger partial charge in [-0.3, -0.25) is 9.59 Å². The van der Waals surface area contributed by atoms with Gasteiger partial charge in [0.25, 0.3) is 0 Å². The molecule has 2 aliphatic rings. The van der Waals surface area contributed by atoms with Crippen molar-refractivity contribution in [1.82, 2.24) is 4.90 Å². The summed E-state index contributed by atoms with van der Waals surface area (Å²) >= 11 is 0. The zero-order valence-corrected chi connectivity index (χ0v) is 13.8. The van der Waals surface area contributed by atoms with E-state index in [-0.39, 0.29) is 23.3 Å². The van der Waals surface area contributed by atoms with E-state index in [1.165, 1.54) is 0 Å². The molecule has 0 aromatic heterocycles. The van der Waals surface area contributed by atoms with Crippen LogP contribution in [0.5, 0.6) is 0 Å². The fraction of sp³-hybridized carbons (Fsp3) is 0.824. The maximum atomic E-state index is 12.4. The number of rotatable bonds is 0. The molecule has 1 aliphatic heterocycles. The van der Waals surface area contributed by atoms with Crippen LogP contribution in [0.25, 0.3) is 0 Å². The summed E-state index contributed by atoms with van der Waals surface area (Å²) in [6.45, 7) is 3.93. The summed E-state index contributed by atoms with van der Waals surface area (Å²) in [6, 6.07) is 0. The normalized spacial score (nSPS) is 34.8. The lowest BCUT2D eigenvalue weighted by atomic mass is 9.70. The molecule has 0 unspecified atom stereocenters. The Morgan fingerprint density at radius 3 is 2.64 bits per heavy atom. The summed E-state index contributed by atoms with van der Waals surface area (Å²) in [5, 5.41) is 12.5. The molecule has 0 aromatic carbocycles. The fourth-order valence-electron chi connectivity index (χ4n) is 3.95. The van der Waals surface area contributed by atoms with E-state index < -0.39 is 0 Å². The van der Waals surface area contributed by atoms with E-state index in [1.54, 1.807) is 0 Å². The zero-order chi connectivity index (χ0) is 16.1. The molecule has 2 fully saturated rings. The van der Waals surface area contributed by atoms with Gasteiger partial charge in [-0.15, -0.1) is 0 Å². The van der Waals surface area contributed by atoms with E-state index in [9.17, 15) is 14.8 Å². The number of ketones is 2. The molecule has 0 bridgehead atoms. The van der Waals surface area contributed by atoms with Gasteiger partial charge in [-0.25, -0.2) is 0 Å². The van der Waals surface area contributed by atoms with Crippen molar-refractivity contribution in [3.63, 3.8) is 0 Å². The Labute approximate surface area is 132 Å². The van der Waals surface area contributed by atoms with Crippen molar-refractivity contribution in [2.75, 3.05) is 20.1 Å². The van der Waals surface area contributed by atoms with Gasteiger partial charge in [0.2, 0.25) is 0 Å². The van der Waals surface area contributed by atoms with Crippen molar-refractivity contribution < 1.29 is 14.8 Å². The van der Waals surface area contributed by atoms with Gasteiger partial charge in [-0.1, -0.05) is 12.1 Å². The molecule has 5 heteroatoms. The largest absolute Gasteiger partial charge is 0.411 e. The van der Waals surface area contributed by atoms with Gasteiger partial charge < -0.3 is 10.1 Å². The second-order valence-electron chi connectivity index (χ2n) is 7.10. The van der Waals surface area contributed by atoms with Crippen LogP contribution in [0.2, 0.25) is 0 Å².